The first-order chi connectivity index (χ1) is 7.42. The molecular weight excluding hydrogens is 202 g/mol. The summed E-state index contributed by atoms with van der Waals surface area (Å²) in [7, 11) is 0. The van der Waals surface area contributed by atoms with Crippen LogP contribution in [0.5, 0.6) is 0 Å². The van der Waals surface area contributed by atoms with Gasteiger partial charge in [-0.15, -0.1) is 11.3 Å². The van der Waals surface area contributed by atoms with Crippen LogP contribution < -0.4 is 5.32 Å². The molecule has 1 saturated carbocycles. The highest BCUT2D eigenvalue weighted by atomic mass is 32.1. The summed E-state index contributed by atoms with van der Waals surface area (Å²) in [5, 5.41) is 3.61. The summed E-state index contributed by atoms with van der Waals surface area (Å²) in [5.74, 6) is 0. The van der Waals surface area contributed by atoms with Crippen LogP contribution in [0.2, 0.25) is 0 Å². The highest BCUT2D eigenvalue weighted by molar-refractivity contribution is 7.12. The van der Waals surface area contributed by atoms with E-state index in [2.05, 4.69) is 22.7 Å². The SMILES string of the molecule is c1c(CNC2CC2)sc2c1CCCCC2. The Kier molecular flexibility index (Phi) is 2.80. The van der Waals surface area contributed by atoms with Gasteiger partial charge in [0.15, 0.2) is 0 Å². The Morgan fingerprint density at radius 3 is 2.93 bits per heavy atom. The van der Waals surface area contributed by atoms with Gasteiger partial charge in [0.2, 0.25) is 0 Å². The van der Waals surface area contributed by atoms with Crippen molar-refractivity contribution in [3.05, 3.63) is 21.4 Å². The average molecular weight is 221 g/mol. The molecule has 0 unspecified atom stereocenters. The second-order valence-corrected chi connectivity index (χ2v) is 6.10. The number of thiophene rings is 1. The van der Waals surface area contributed by atoms with Gasteiger partial charge in [0.1, 0.15) is 0 Å². The van der Waals surface area contributed by atoms with Crippen molar-refractivity contribution in [3.8, 4) is 0 Å². The number of fused-ring (bicyclic) bond motifs is 1. The molecule has 0 aliphatic heterocycles. The Bertz CT molecular complexity index is 315. The number of nitrogens with one attached hydrogen (secondary N) is 1. The molecule has 0 amide bonds. The van der Waals surface area contributed by atoms with E-state index in [1.54, 1.807) is 15.3 Å². The van der Waals surface area contributed by atoms with Crippen molar-refractivity contribution in [2.45, 2.75) is 57.5 Å². The molecule has 0 aromatic carbocycles. The summed E-state index contributed by atoms with van der Waals surface area (Å²) < 4.78 is 0. The molecule has 2 heteroatoms. The van der Waals surface area contributed by atoms with Crippen LogP contribution in [0.3, 0.4) is 0 Å². The van der Waals surface area contributed by atoms with Gasteiger partial charge >= 0.3 is 0 Å². The zero-order valence-corrected chi connectivity index (χ0v) is 10.0. The number of hydrogen-bond acceptors (Lipinski definition) is 2. The number of aryl methyl sites for hydroxylation is 2. The van der Waals surface area contributed by atoms with E-state index in [4.69, 9.17) is 0 Å². The van der Waals surface area contributed by atoms with E-state index >= 15 is 0 Å². The molecule has 1 fully saturated rings. The van der Waals surface area contributed by atoms with E-state index in [0.717, 1.165) is 12.6 Å². The average Bonchev–Trinajstić information content (AvgIpc) is 3.02. The Morgan fingerprint density at radius 2 is 2.07 bits per heavy atom. The fraction of sp³-hybridized carbons (Fsp3) is 0.692. The molecule has 3 rings (SSSR count). The fourth-order valence-corrected chi connectivity index (χ4v) is 3.56. The quantitative estimate of drug-likeness (QED) is 0.772. The minimum absolute atomic E-state index is 0.840. The molecule has 82 valence electrons. The molecule has 0 atom stereocenters. The fourth-order valence-electron chi connectivity index (χ4n) is 2.35. The van der Waals surface area contributed by atoms with Crippen molar-refractivity contribution < 1.29 is 0 Å². The van der Waals surface area contributed by atoms with Gasteiger partial charge in [-0.1, -0.05) is 6.42 Å². The molecule has 0 spiro atoms. The predicted octanol–water partition coefficient (Wildman–Crippen LogP) is 3.27. The van der Waals surface area contributed by atoms with Crippen molar-refractivity contribution in [1.82, 2.24) is 5.32 Å². The van der Waals surface area contributed by atoms with E-state index in [0.29, 0.717) is 0 Å². The van der Waals surface area contributed by atoms with Gasteiger partial charge in [0.25, 0.3) is 0 Å². The lowest BCUT2D eigenvalue weighted by molar-refractivity contribution is 0.692. The molecule has 15 heavy (non-hydrogen) atoms. The standard InChI is InChI=1S/C13H19NS/c1-2-4-10-8-12(9-14-11-6-7-11)15-13(10)5-3-1/h8,11,14H,1-7,9H2. The van der Waals surface area contributed by atoms with Crippen molar-refractivity contribution in [3.63, 3.8) is 0 Å². The second kappa shape index (κ2) is 4.26. The Morgan fingerprint density at radius 1 is 1.20 bits per heavy atom. The van der Waals surface area contributed by atoms with Gasteiger partial charge in [-0.05, 0) is 50.2 Å². The lowest BCUT2D eigenvalue weighted by Gasteiger charge is -1.98. The van der Waals surface area contributed by atoms with Crippen LogP contribution in [0.4, 0.5) is 0 Å². The first-order valence-corrected chi connectivity index (χ1v) is 7.07. The minimum atomic E-state index is 0.840. The monoisotopic (exact) mass is 221 g/mol. The summed E-state index contributed by atoms with van der Waals surface area (Å²) in [6.45, 7) is 1.11. The van der Waals surface area contributed by atoms with Crippen molar-refractivity contribution in [2.75, 3.05) is 0 Å². The summed E-state index contributed by atoms with van der Waals surface area (Å²) in [6.07, 6.45) is 9.69. The first kappa shape index (κ1) is 9.86. The maximum atomic E-state index is 3.61. The molecule has 1 heterocycles. The highest BCUT2D eigenvalue weighted by Gasteiger charge is 2.20. The molecule has 0 radical (unpaired) electrons. The summed E-state index contributed by atoms with van der Waals surface area (Å²) >= 11 is 2.06. The van der Waals surface area contributed by atoms with Crippen LogP contribution in [-0.2, 0) is 19.4 Å². The zero-order valence-electron chi connectivity index (χ0n) is 9.22. The predicted molar refractivity (Wildman–Crippen MR) is 65.4 cm³/mol. The Balaban J connectivity index is 1.67. The Labute approximate surface area is 95.9 Å². The van der Waals surface area contributed by atoms with Crippen molar-refractivity contribution in [1.29, 1.82) is 0 Å². The summed E-state index contributed by atoms with van der Waals surface area (Å²) in [4.78, 5) is 3.24. The molecular formula is C13H19NS. The number of rotatable bonds is 3. The lowest BCUT2D eigenvalue weighted by Crippen LogP contribution is -2.14. The topological polar surface area (TPSA) is 12.0 Å². The van der Waals surface area contributed by atoms with Crippen molar-refractivity contribution in [2.24, 2.45) is 0 Å². The van der Waals surface area contributed by atoms with Crippen LogP contribution >= 0.6 is 11.3 Å². The molecule has 1 aromatic heterocycles. The van der Waals surface area contributed by atoms with Gasteiger partial charge < -0.3 is 5.32 Å². The van der Waals surface area contributed by atoms with Crippen LogP contribution in [-0.4, -0.2) is 6.04 Å². The van der Waals surface area contributed by atoms with Crippen LogP contribution in [0.1, 0.15) is 47.4 Å². The maximum Gasteiger partial charge on any atom is 0.0302 e. The van der Waals surface area contributed by atoms with Gasteiger partial charge in [-0.2, -0.15) is 0 Å². The summed E-state index contributed by atoms with van der Waals surface area (Å²) in [6, 6.07) is 3.30. The smallest absolute Gasteiger partial charge is 0.0302 e. The van der Waals surface area contributed by atoms with E-state index in [9.17, 15) is 0 Å². The molecule has 2 aliphatic carbocycles. The number of hydrogen-bond donors (Lipinski definition) is 1. The third-order valence-electron chi connectivity index (χ3n) is 3.44. The van der Waals surface area contributed by atoms with E-state index in [-0.39, 0.29) is 0 Å². The van der Waals surface area contributed by atoms with E-state index < -0.39 is 0 Å². The molecule has 2 aliphatic rings. The third kappa shape index (κ3) is 2.43. The van der Waals surface area contributed by atoms with Gasteiger partial charge in [0, 0.05) is 22.3 Å². The second-order valence-electron chi connectivity index (χ2n) is 4.88. The molecule has 0 saturated heterocycles. The largest absolute Gasteiger partial charge is 0.309 e. The molecule has 1 aromatic rings. The van der Waals surface area contributed by atoms with Gasteiger partial charge in [0.05, 0.1) is 0 Å². The molecule has 1 N–H and O–H groups in total. The van der Waals surface area contributed by atoms with E-state index in [1.807, 2.05) is 0 Å². The normalized spacial score (nSPS) is 21.1. The lowest BCUT2D eigenvalue weighted by atomic mass is 10.1. The van der Waals surface area contributed by atoms with Gasteiger partial charge in [-0.3, -0.25) is 0 Å². The third-order valence-corrected chi connectivity index (χ3v) is 4.68. The van der Waals surface area contributed by atoms with Crippen LogP contribution in [0.25, 0.3) is 0 Å². The maximum absolute atomic E-state index is 3.61. The minimum Gasteiger partial charge on any atom is -0.309 e. The van der Waals surface area contributed by atoms with Crippen molar-refractivity contribution >= 4 is 11.3 Å². The molecule has 1 nitrogen and oxygen atoms in total. The van der Waals surface area contributed by atoms with E-state index in [1.165, 1.54) is 44.9 Å². The summed E-state index contributed by atoms with van der Waals surface area (Å²) in [5.41, 5.74) is 1.66. The van der Waals surface area contributed by atoms with Crippen LogP contribution in [0, 0.1) is 0 Å². The highest BCUT2D eigenvalue weighted by Crippen LogP contribution is 2.29. The molecule has 0 bridgehead atoms. The zero-order chi connectivity index (χ0) is 10.1. The van der Waals surface area contributed by atoms with Gasteiger partial charge in [-0.25, -0.2) is 0 Å². The first-order valence-electron chi connectivity index (χ1n) is 6.25. The Hall–Kier alpha value is -0.340. The van der Waals surface area contributed by atoms with Crippen LogP contribution in [0.15, 0.2) is 6.07 Å².